The third kappa shape index (κ3) is 3.93. The normalized spacial score (nSPS) is 13.9. The fourth-order valence-electron chi connectivity index (χ4n) is 3.68. The maximum Gasteiger partial charge on any atom is 0.317 e. The summed E-state index contributed by atoms with van der Waals surface area (Å²) >= 11 is 0. The van der Waals surface area contributed by atoms with Crippen molar-refractivity contribution in [2.45, 2.75) is 32.6 Å². The van der Waals surface area contributed by atoms with E-state index in [-0.39, 0.29) is 11.9 Å². The van der Waals surface area contributed by atoms with Gasteiger partial charge in [-0.25, -0.2) is 0 Å². The number of ether oxygens (including phenoxy) is 1. The molecule has 1 aliphatic rings. The highest BCUT2D eigenvalue weighted by Crippen LogP contribution is 2.35. The molecule has 1 aliphatic carbocycles. The summed E-state index contributed by atoms with van der Waals surface area (Å²) in [7, 11) is 0. The second kappa shape index (κ2) is 8.30. The van der Waals surface area contributed by atoms with Crippen LogP contribution in [0, 0.1) is 0 Å². The number of nitrogens with zero attached hydrogens (tertiary/aromatic N) is 1. The first kappa shape index (κ1) is 17.7. The third-order valence-electron chi connectivity index (χ3n) is 5.18. The van der Waals surface area contributed by atoms with E-state index in [4.69, 9.17) is 4.74 Å². The number of hydrogen-bond donors (Lipinski definition) is 0. The number of aryl methyl sites for hydroxylation is 2. The molecule has 0 amide bonds. The van der Waals surface area contributed by atoms with Gasteiger partial charge in [-0.1, -0.05) is 62.4 Å². The summed E-state index contributed by atoms with van der Waals surface area (Å²) in [4.78, 5) is 15.3. The molecule has 0 heterocycles. The zero-order valence-corrected chi connectivity index (χ0v) is 15.2. The average molecular weight is 337 g/mol. The topological polar surface area (TPSA) is 29.5 Å². The minimum absolute atomic E-state index is 0.131. The van der Waals surface area contributed by atoms with Gasteiger partial charge in [0.15, 0.2) is 0 Å². The molecule has 3 heteroatoms. The van der Waals surface area contributed by atoms with Gasteiger partial charge in [0.05, 0.1) is 0 Å². The molecule has 0 atom stereocenters. The molecule has 0 aliphatic heterocycles. The SMILES string of the molecule is CCN(CC)CCOC(=O)C1c2ccccc2CCc2ccccc21. The first-order chi connectivity index (χ1) is 12.2. The summed E-state index contributed by atoms with van der Waals surface area (Å²) in [6.07, 6.45) is 1.94. The zero-order valence-electron chi connectivity index (χ0n) is 15.2. The smallest absolute Gasteiger partial charge is 0.317 e. The summed E-state index contributed by atoms with van der Waals surface area (Å²) < 4.78 is 5.70. The van der Waals surface area contributed by atoms with E-state index in [1.54, 1.807) is 0 Å². The van der Waals surface area contributed by atoms with Gasteiger partial charge >= 0.3 is 5.97 Å². The van der Waals surface area contributed by atoms with E-state index in [1.165, 1.54) is 11.1 Å². The quantitative estimate of drug-likeness (QED) is 0.751. The molecule has 0 radical (unpaired) electrons. The molecular formula is C22H27NO2. The second-order valence-corrected chi connectivity index (χ2v) is 6.53. The molecule has 3 nitrogen and oxygen atoms in total. The highest BCUT2D eigenvalue weighted by Gasteiger charge is 2.30. The van der Waals surface area contributed by atoms with Crippen LogP contribution in [0.3, 0.4) is 0 Å². The molecule has 0 N–H and O–H groups in total. The fourth-order valence-corrected chi connectivity index (χ4v) is 3.68. The predicted molar refractivity (Wildman–Crippen MR) is 101 cm³/mol. The number of esters is 1. The van der Waals surface area contributed by atoms with E-state index in [0.29, 0.717) is 6.61 Å². The second-order valence-electron chi connectivity index (χ2n) is 6.53. The molecule has 0 bridgehead atoms. The maximum atomic E-state index is 13.0. The molecule has 0 saturated heterocycles. The largest absolute Gasteiger partial charge is 0.464 e. The number of benzene rings is 2. The van der Waals surface area contributed by atoms with Gasteiger partial charge in [-0.15, -0.1) is 0 Å². The summed E-state index contributed by atoms with van der Waals surface area (Å²) in [5, 5.41) is 0. The Morgan fingerprint density at radius 2 is 1.48 bits per heavy atom. The molecule has 2 aromatic rings. The Hall–Kier alpha value is -2.13. The molecule has 0 aromatic heterocycles. The van der Waals surface area contributed by atoms with Crippen molar-refractivity contribution in [1.29, 1.82) is 0 Å². The van der Waals surface area contributed by atoms with Gasteiger partial charge in [-0.2, -0.15) is 0 Å². The van der Waals surface area contributed by atoms with Crippen LogP contribution in [-0.4, -0.2) is 37.1 Å². The molecule has 0 unspecified atom stereocenters. The lowest BCUT2D eigenvalue weighted by molar-refractivity contribution is -0.144. The first-order valence-electron chi connectivity index (χ1n) is 9.29. The van der Waals surface area contributed by atoms with Crippen LogP contribution >= 0.6 is 0 Å². The highest BCUT2D eigenvalue weighted by atomic mass is 16.5. The van der Waals surface area contributed by atoms with E-state index >= 15 is 0 Å². The predicted octanol–water partition coefficient (Wildman–Crippen LogP) is 3.80. The van der Waals surface area contributed by atoms with Crippen LogP contribution < -0.4 is 0 Å². The van der Waals surface area contributed by atoms with Gasteiger partial charge < -0.3 is 9.64 Å². The highest BCUT2D eigenvalue weighted by molar-refractivity contribution is 5.83. The van der Waals surface area contributed by atoms with E-state index in [1.807, 2.05) is 12.1 Å². The van der Waals surface area contributed by atoms with E-state index in [2.05, 4.69) is 55.1 Å². The summed E-state index contributed by atoms with van der Waals surface area (Å²) in [5.74, 6) is -0.444. The molecule has 0 fully saturated rings. The lowest BCUT2D eigenvalue weighted by atomic mass is 9.88. The maximum absolute atomic E-state index is 13.0. The van der Waals surface area contributed by atoms with Crippen LogP contribution in [-0.2, 0) is 22.4 Å². The Morgan fingerprint density at radius 3 is 2.00 bits per heavy atom. The van der Waals surface area contributed by atoms with Crippen molar-refractivity contribution in [1.82, 2.24) is 4.90 Å². The van der Waals surface area contributed by atoms with Gasteiger partial charge in [-0.3, -0.25) is 4.79 Å². The number of rotatable bonds is 6. The van der Waals surface area contributed by atoms with Crippen molar-refractivity contribution in [3.05, 3.63) is 70.8 Å². The number of hydrogen-bond acceptors (Lipinski definition) is 3. The lowest BCUT2D eigenvalue weighted by Crippen LogP contribution is -2.29. The molecule has 0 saturated carbocycles. The van der Waals surface area contributed by atoms with Crippen LogP contribution in [0.1, 0.15) is 42.0 Å². The zero-order chi connectivity index (χ0) is 17.6. The monoisotopic (exact) mass is 337 g/mol. The van der Waals surface area contributed by atoms with Crippen LogP contribution in [0.2, 0.25) is 0 Å². The van der Waals surface area contributed by atoms with Crippen molar-refractivity contribution < 1.29 is 9.53 Å². The van der Waals surface area contributed by atoms with Crippen LogP contribution in [0.15, 0.2) is 48.5 Å². The molecule has 25 heavy (non-hydrogen) atoms. The summed E-state index contributed by atoms with van der Waals surface area (Å²) in [6, 6.07) is 16.6. The number of carbonyl (C=O) groups is 1. The number of likely N-dealkylation sites (N-methyl/N-ethyl adjacent to an activating group) is 1. The standard InChI is InChI=1S/C22H27NO2/c1-3-23(4-2)15-16-25-22(24)21-19-11-7-5-9-17(19)13-14-18-10-6-8-12-20(18)21/h5-12,21H,3-4,13-16H2,1-2H3. The summed E-state index contributed by atoms with van der Waals surface area (Å²) in [6.45, 7) is 7.44. The molecule has 3 rings (SSSR count). The van der Waals surface area contributed by atoms with Gasteiger partial charge in [0.25, 0.3) is 0 Å². The fraction of sp³-hybridized carbons (Fsp3) is 0.409. The minimum atomic E-state index is -0.313. The molecule has 132 valence electrons. The van der Waals surface area contributed by atoms with Crippen molar-refractivity contribution in [2.75, 3.05) is 26.2 Å². The Bertz CT molecular complexity index is 674. The van der Waals surface area contributed by atoms with Gasteiger partial charge in [0.2, 0.25) is 0 Å². The molecular weight excluding hydrogens is 310 g/mol. The van der Waals surface area contributed by atoms with Gasteiger partial charge in [0, 0.05) is 6.54 Å². The van der Waals surface area contributed by atoms with Crippen LogP contribution in [0.25, 0.3) is 0 Å². The first-order valence-corrected chi connectivity index (χ1v) is 9.29. The van der Waals surface area contributed by atoms with Crippen molar-refractivity contribution in [3.8, 4) is 0 Å². The Balaban J connectivity index is 1.85. The summed E-state index contributed by atoms with van der Waals surface area (Å²) in [5.41, 5.74) is 4.70. The van der Waals surface area contributed by atoms with E-state index in [0.717, 1.165) is 43.6 Å². The molecule has 2 aromatic carbocycles. The van der Waals surface area contributed by atoms with Crippen LogP contribution in [0.4, 0.5) is 0 Å². The van der Waals surface area contributed by atoms with Crippen LogP contribution in [0.5, 0.6) is 0 Å². The minimum Gasteiger partial charge on any atom is -0.464 e. The van der Waals surface area contributed by atoms with Gasteiger partial charge in [-0.05, 0) is 48.2 Å². The van der Waals surface area contributed by atoms with Gasteiger partial charge in [0.1, 0.15) is 12.5 Å². The molecule has 0 spiro atoms. The third-order valence-corrected chi connectivity index (χ3v) is 5.18. The Labute approximate surface area is 150 Å². The average Bonchev–Trinajstić information content (AvgIpc) is 2.82. The number of carbonyl (C=O) groups excluding carboxylic acids is 1. The lowest BCUT2D eigenvalue weighted by Gasteiger charge is -2.21. The van der Waals surface area contributed by atoms with E-state index in [9.17, 15) is 4.79 Å². The van der Waals surface area contributed by atoms with Crippen molar-refractivity contribution >= 4 is 5.97 Å². The van der Waals surface area contributed by atoms with E-state index < -0.39 is 0 Å². The van der Waals surface area contributed by atoms with Crippen molar-refractivity contribution in [2.24, 2.45) is 0 Å². The Morgan fingerprint density at radius 1 is 0.960 bits per heavy atom. The Kier molecular flexibility index (Phi) is 5.87. The van der Waals surface area contributed by atoms with Crippen molar-refractivity contribution in [3.63, 3.8) is 0 Å². The number of fused-ring (bicyclic) bond motifs is 2.